The number of halogens is 1. The first kappa shape index (κ1) is 13.6. The second kappa shape index (κ2) is 5.56. The van der Waals surface area contributed by atoms with Gasteiger partial charge in [0.05, 0.1) is 11.0 Å². The molecular formula is C15H17BrN2O2. The molecule has 2 N–H and O–H groups in total. The van der Waals surface area contributed by atoms with Crippen LogP contribution in [0.4, 0.5) is 0 Å². The molecule has 0 radical (unpaired) electrons. The van der Waals surface area contributed by atoms with Gasteiger partial charge in [-0.1, -0.05) is 32.1 Å². The zero-order chi connectivity index (χ0) is 14.1. The Bertz CT molecular complexity index is 695. The van der Waals surface area contributed by atoms with E-state index in [1.54, 1.807) is 12.1 Å². The molecule has 20 heavy (non-hydrogen) atoms. The number of H-pyrrole nitrogens is 2. The van der Waals surface area contributed by atoms with E-state index < -0.39 is 0 Å². The van der Waals surface area contributed by atoms with Crippen molar-refractivity contribution in [2.24, 2.45) is 5.92 Å². The van der Waals surface area contributed by atoms with Crippen LogP contribution >= 0.6 is 15.9 Å². The maximum atomic E-state index is 12.5. The largest absolute Gasteiger partial charge is 0.323 e. The highest BCUT2D eigenvalue weighted by molar-refractivity contribution is 9.10. The van der Waals surface area contributed by atoms with Crippen LogP contribution in [0.15, 0.2) is 21.4 Å². The van der Waals surface area contributed by atoms with Crippen LogP contribution in [0.25, 0.3) is 11.0 Å². The maximum absolute atomic E-state index is 12.5. The molecule has 1 aliphatic carbocycles. The van der Waals surface area contributed by atoms with Crippen LogP contribution in [0.5, 0.6) is 0 Å². The quantitative estimate of drug-likeness (QED) is 0.838. The molecule has 0 unspecified atom stereocenters. The minimum absolute atomic E-state index is 0.160. The summed E-state index contributed by atoms with van der Waals surface area (Å²) in [6, 6.07) is 3.56. The van der Waals surface area contributed by atoms with E-state index in [0.717, 1.165) is 22.8 Å². The maximum Gasteiger partial charge on any atom is 0.323 e. The second-order valence-corrected chi connectivity index (χ2v) is 6.44. The van der Waals surface area contributed by atoms with Gasteiger partial charge in [-0.3, -0.25) is 4.79 Å². The first-order chi connectivity index (χ1) is 9.63. The molecular weight excluding hydrogens is 320 g/mol. The first-order valence-corrected chi connectivity index (χ1v) is 7.87. The van der Waals surface area contributed by atoms with Crippen LogP contribution in [-0.2, 0) is 0 Å². The van der Waals surface area contributed by atoms with Crippen LogP contribution in [0.1, 0.15) is 48.9 Å². The third-order valence-electron chi connectivity index (χ3n) is 4.10. The molecule has 1 fully saturated rings. The average molecular weight is 337 g/mol. The van der Waals surface area contributed by atoms with Crippen molar-refractivity contribution < 1.29 is 4.79 Å². The van der Waals surface area contributed by atoms with Crippen molar-refractivity contribution in [3.8, 4) is 0 Å². The lowest BCUT2D eigenvalue weighted by Crippen LogP contribution is -2.12. The summed E-state index contributed by atoms with van der Waals surface area (Å²) in [6.07, 6.45) is 6.70. The summed E-state index contributed by atoms with van der Waals surface area (Å²) in [6.45, 7) is 0. The third-order valence-corrected chi connectivity index (χ3v) is 4.76. The summed E-state index contributed by atoms with van der Waals surface area (Å²) in [7, 11) is 0. The molecule has 1 saturated carbocycles. The molecule has 5 heteroatoms. The number of ketones is 1. The molecule has 3 rings (SSSR count). The lowest BCUT2D eigenvalue weighted by atomic mass is 9.85. The fourth-order valence-electron chi connectivity index (χ4n) is 3.03. The number of aromatic amines is 2. The van der Waals surface area contributed by atoms with Crippen LogP contribution < -0.4 is 5.69 Å². The Labute approximate surface area is 125 Å². The summed E-state index contributed by atoms with van der Waals surface area (Å²) >= 11 is 3.44. The Morgan fingerprint density at radius 3 is 2.50 bits per heavy atom. The van der Waals surface area contributed by atoms with Gasteiger partial charge >= 0.3 is 5.69 Å². The van der Waals surface area contributed by atoms with Crippen LogP contribution in [0.2, 0.25) is 0 Å². The highest BCUT2D eigenvalue weighted by Gasteiger charge is 2.20. The minimum Gasteiger partial charge on any atom is -0.306 e. The van der Waals surface area contributed by atoms with Crippen molar-refractivity contribution in [1.82, 2.24) is 9.97 Å². The van der Waals surface area contributed by atoms with E-state index in [1.807, 2.05) is 0 Å². The topological polar surface area (TPSA) is 65.7 Å². The summed E-state index contributed by atoms with van der Waals surface area (Å²) in [5, 5.41) is 0. The Morgan fingerprint density at radius 2 is 1.80 bits per heavy atom. The molecule has 0 saturated heterocycles. The molecule has 1 heterocycles. The summed E-state index contributed by atoms with van der Waals surface area (Å²) in [5.74, 6) is 0.678. The monoisotopic (exact) mass is 336 g/mol. The van der Waals surface area contributed by atoms with Crippen LogP contribution in [0.3, 0.4) is 0 Å². The normalized spacial score (nSPS) is 16.6. The zero-order valence-electron chi connectivity index (χ0n) is 11.2. The Balaban J connectivity index is 1.86. The van der Waals surface area contributed by atoms with E-state index in [0.29, 0.717) is 23.4 Å². The van der Waals surface area contributed by atoms with Gasteiger partial charge in [0, 0.05) is 16.5 Å². The molecule has 0 spiro atoms. The Morgan fingerprint density at radius 1 is 1.15 bits per heavy atom. The number of hydrogen-bond donors (Lipinski definition) is 2. The smallest absolute Gasteiger partial charge is 0.306 e. The van der Waals surface area contributed by atoms with Gasteiger partial charge in [0.1, 0.15) is 0 Å². The number of fused-ring (bicyclic) bond motifs is 1. The van der Waals surface area contributed by atoms with Crippen LogP contribution in [0, 0.1) is 5.92 Å². The van der Waals surface area contributed by atoms with E-state index in [2.05, 4.69) is 25.9 Å². The number of carbonyl (C=O) groups excluding carboxylic acids is 1. The predicted octanol–water partition coefficient (Wildman–Crippen LogP) is 3.77. The van der Waals surface area contributed by atoms with E-state index in [4.69, 9.17) is 0 Å². The van der Waals surface area contributed by atoms with Crippen molar-refractivity contribution in [3.63, 3.8) is 0 Å². The number of carbonyl (C=O) groups is 1. The minimum atomic E-state index is -0.247. The molecule has 0 atom stereocenters. The second-order valence-electron chi connectivity index (χ2n) is 5.59. The van der Waals surface area contributed by atoms with Gasteiger partial charge < -0.3 is 9.97 Å². The van der Waals surface area contributed by atoms with Crippen molar-refractivity contribution in [2.75, 3.05) is 0 Å². The van der Waals surface area contributed by atoms with Crippen LogP contribution in [-0.4, -0.2) is 15.8 Å². The van der Waals surface area contributed by atoms with Gasteiger partial charge in [-0.05, 0) is 34.0 Å². The lowest BCUT2D eigenvalue weighted by molar-refractivity contribution is 0.0949. The fourth-order valence-corrected chi connectivity index (χ4v) is 3.60. The van der Waals surface area contributed by atoms with E-state index in [-0.39, 0.29) is 11.5 Å². The average Bonchev–Trinajstić information content (AvgIpc) is 2.78. The Hall–Kier alpha value is -1.36. The molecule has 1 aromatic carbocycles. The SMILES string of the molecule is O=C(CC1CCCCC1)c1cc2[nH]c(=O)[nH]c2cc1Br. The number of hydrogen-bond acceptors (Lipinski definition) is 2. The molecule has 1 aliphatic rings. The highest BCUT2D eigenvalue weighted by atomic mass is 79.9. The van der Waals surface area contributed by atoms with Gasteiger partial charge in [-0.2, -0.15) is 0 Å². The highest BCUT2D eigenvalue weighted by Crippen LogP contribution is 2.30. The number of aromatic nitrogens is 2. The molecule has 4 nitrogen and oxygen atoms in total. The molecule has 0 amide bonds. The van der Waals surface area contributed by atoms with Gasteiger partial charge in [0.2, 0.25) is 0 Å². The molecule has 2 aromatic rings. The van der Waals surface area contributed by atoms with E-state index >= 15 is 0 Å². The van der Waals surface area contributed by atoms with Gasteiger partial charge in [-0.25, -0.2) is 4.79 Å². The van der Waals surface area contributed by atoms with E-state index in [9.17, 15) is 9.59 Å². The van der Waals surface area contributed by atoms with Gasteiger partial charge in [0.25, 0.3) is 0 Å². The van der Waals surface area contributed by atoms with Crippen molar-refractivity contribution in [1.29, 1.82) is 0 Å². The van der Waals surface area contributed by atoms with Gasteiger partial charge in [0.15, 0.2) is 5.78 Å². The Kier molecular flexibility index (Phi) is 3.78. The fraction of sp³-hybridized carbons (Fsp3) is 0.467. The van der Waals surface area contributed by atoms with Crippen molar-refractivity contribution in [3.05, 3.63) is 32.7 Å². The van der Waals surface area contributed by atoms with Crippen molar-refractivity contribution >= 4 is 32.7 Å². The summed E-state index contributed by atoms with van der Waals surface area (Å²) in [5.41, 5.74) is 1.82. The molecule has 0 bridgehead atoms. The lowest BCUT2D eigenvalue weighted by Gasteiger charge is -2.20. The van der Waals surface area contributed by atoms with Gasteiger partial charge in [-0.15, -0.1) is 0 Å². The number of nitrogens with one attached hydrogen (secondary N) is 2. The number of Topliss-reactive ketones (excluding diaryl/α,β-unsaturated/α-hetero) is 1. The number of benzene rings is 1. The zero-order valence-corrected chi connectivity index (χ0v) is 12.8. The first-order valence-electron chi connectivity index (χ1n) is 7.08. The predicted molar refractivity (Wildman–Crippen MR) is 82.1 cm³/mol. The third kappa shape index (κ3) is 2.73. The van der Waals surface area contributed by atoms with E-state index in [1.165, 1.54) is 19.3 Å². The van der Waals surface area contributed by atoms with Crippen molar-refractivity contribution in [2.45, 2.75) is 38.5 Å². The molecule has 0 aliphatic heterocycles. The summed E-state index contributed by atoms with van der Waals surface area (Å²) < 4.78 is 0.751. The number of rotatable bonds is 3. The molecule has 106 valence electrons. The molecule has 1 aromatic heterocycles. The standard InChI is InChI=1S/C15H17BrN2O2/c16-11-8-13-12(17-15(20)18-13)7-10(11)14(19)6-9-4-2-1-3-5-9/h7-9H,1-6H2,(H2,17,18,20). The number of imidazole rings is 1. The summed E-state index contributed by atoms with van der Waals surface area (Å²) in [4.78, 5) is 29.1.